The predicted molar refractivity (Wildman–Crippen MR) is 65.7 cm³/mol. The molecule has 18 heavy (non-hydrogen) atoms. The first kappa shape index (κ1) is 14.0. The number of likely N-dealkylation sites (N-methyl/N-ethyl adjacent to an activating group) is 1. The molecule has 0 bridgehead atoms. The maximum absolute atomic E-state index is 11.6. The number of nitrogens with zero attached hydrogens (tertiary/aromatic N) is 2. The summed E-state index contributed by atoms with van der Waals surface area (Å²) in [5.41, 5.74) is 7.68. The van der Waals surface area contributed by atoms with Crippen LogP contribution in [-0.4, -0.2) is 34.8 Å². The van der Waals surface area contributed by atoms with Crippen molar-refractivity contribution in [3.63, 3.8) is 0 Å². The van der Waals surface area contributed by atoms with E-state index in [0.717, 1.165) is 0 Å². The van der Waals surface area contributed by atoms with Gasteiger partial charge in [-0.2, -0.15) is 5.10 Å². The average molecular weight is 254 g/mol. The number of hydrogen-bond donors (Lipinski definition) is 2. The fourth-order valence-electron chi connectivity index (χ4n) is 1.48. The maximum Gasteiger partial charge on any atom is 0.328 e. The Labute approximate surface area is 105 Å². The molecule has 1 heterocycles. The van der Waals surface area contributed by atoms with Crippen molar-refractivity contribution in [1.29, 1.82) is 0 Å². The van der Waals surface area contributed by atoms with Gasteiger partial charge in [-0.05, 0) is 20.8 Å². The highest BCUT2D eigenvalue weighted by Gasteiger charge is 2.18. The summed E-state index contributed by atoms with van der Waals surface area (Å²) in [6, 6.07) is 0. The zero-order valence-corrected chi connectivity index (χ0v) is 11.0. The van der Waals surface area contributed by atoms with Crippen LogP contribution in [0.5, 0.6) is 0 Å². The van der Waals surface area contributed by atoms with Gasteiger partial charge in [0.05, 0.1) is 17.1 Å². The van der Waals surface area contributed by atoms with Gasteiger partial charge in [-0.1, -0.05) is 0 Å². The van der Waals surface area contributed by atoms with Crippen LogP contribution in [0.4, 0.5) is 5.69 Å². The Morgan fingerprint density at radius 2 is 2.11 bits per heavy atom. The lowest BCUT2D eigenvalue weighted by Gasteiger charge is -2.12. The Hall–Kier alpha value is -2.05. The molecule has 0 aliphatic heterocycles. The number of rotatable bonds is 4. The summed E-state index contributed by atoms with van der Waals surface area (Å²) in [4.78, 5) is 22.8. The highest BCUT2D eigenvalue weighted by Crippen LogP contribution is 2.14. The molecule has 0 aliphatic rings. The molecule has 1 rings (SSSR count). The maximum atomic E-state index is 11.6. The van der Waals surface area contributed by atoms with Gasteiger partial charge in [0.15, 0.2) is 6.10 Å². The Kier molecular flexibility index (Phi) is 4.30. The molecule has 0 aromatic carbocycles. The van der Waals surface area contributed by atoms with Gasteiger partial charge in [-0.3, -0.25) is 14.3 Å². The third-order valence-corrected chi connectivity index (χ3v) is 2.64. The smallest absolute Gasteiger partial charge is 0.328 e. The molecular formula is C11H18N4O3. The third-order valence-electron chi connectivity index (χ3n) is 2.64. The van der Waals surface area contributed by atoms with E-state index < -0.39 is 12.1 Å². The standard InChI is InChI=1S/C11H18N4O3/c1-6-10(12)7(2)15(14-6)5-9(16)18-8(3)11(17)13-4/h8H,5,12H2,1-4H3,(H,13,17). The lowest BCUT2D eigenvalue weighted by atomic mass is 10.3. The Morgan fingerprint density at radius 3 is 2.56 bits per heavy atom. The lowest BCUT2D eigenvalue weighted by molar-refractivity contribution is -0.155. The van der Waals surface area contributed by atoms with Gasteiger partial charge in [-0.15, -0.1) is 0 Å². The number of ether oxygens (including phenoxy) is 1. The largest absolute Gasteiger partial charge is 0.451 e. The quantitative estimate of drug-likeness (QED) is 0.722. The second-order valence-electron chi connectivity index (χ2n) is 3.99. The van der Waals surface area contributed by atoms with E-state index >= 15 is 0 Å². The molecular weight excluding hydrogens is 236 g/mol. The van der Waals surface area contributed by atoms with Crippen LogP contribution in [0, 0.1) is 13.8 Å². The number of nitrogen functional groups attached to an aromatic ring is 1. The number of aromatic nitrogens is 2. The summed E-state index contributed by atoms with van der Waals surface area (Å²) >= 11 is 0. The van der Waals surface area contributed by atoms with E-state index in [0.29, 0.717) is 17.1 Å². The van der Waals surface area contributed by atoms with E-state index in [4.69, 9.17) is 10.5 Å². The van der Waals surface area contributed by atoms with Gasteiger partial charge in [-0.25, -0.2) is 0 Å². The Balaban J connectivity index is 2.65. The molecule has 1 aromatic rings. The van der Waals surface area contributed by atoms with Crippen LogP contribution in [0.3, 0.4) is 0 Å². The first-order valence-corrected chi connectivity index (χ1v) is 5.57. The number of carbonyl (C=O) groups is 2. The molecule has 0 saturated carbocycles. The number of carbonyl (C=O) groups excluding carboxylic acids is 2. The van der Waals surface area contributed by atoms with Crippen LogP contribution in [-0.2, 0) is 20.9 Å². The van der Waals surface area contributed by atoms with E-state index in [1.54, 1.807) is 13.8 Å². The minimum Gasteiger partial charge on any atom is -0.451 e. The molecule has 1 amide bonds. The molecule has 7 heteroatoms. The summed E-state index contributed by atoms with van der Waals surface area (Å²) in [5, 5.41) is 6.51. The Bertz CT molecular complexity index is 467. The van der Waals surface area contributed by atoms with Gasteiger partial charge in [0.1, 0.15) is 6.54 Å². The Morgan fingerprint density at radius 1 is 1.50 bits per heavy atom. The molecule has 0 saturated heterocycles. The molecule has 0 aliphatic carbocycles. The van der Waals surface area contributed by atoms with Crippen LogP contribution in [0.2, 0.25) is 0 Å². The second-order valence-corrected chi connectivity index (χ2v) is 3.99. The van der Waals surface area contributed by atoms with E-state index in [1.807, 2.05) is 0 Å². The molecule has 3 N–H and O–H groups in total. The van der Waals surface area contributed by atoms with Crippen LogP contribution in [0.15, 0.2) is 0 Å². The van der Waals surface area contributed by atoms with Gasteiger partial charge < -0.3 is 15.8 Å². The van der Waals surface area contributed by atoms with Crippen molar-refractivity contribution in [2.75, 3.05) is 12.8 Å². The van der Waals surface area contributed by atoms with Crippen LogP contribution in [0.25, 0.3) is 0 Å². The molecule has 100 valence electrons. The average Bonchev–Trinajstić information content (AvgIpc) is 2.55. The van der Waals surface area contributed by atoms with Crippen molar-refractivity contribution in [3.8, 4) is 0 Å². The van der Waals surface area contributed by atoms with Crippen LogP contribution in [0.1, 0.15) is 18.3 Å². The summed E-state index contributed by atoms with van der Waals surface area (Å²) in [5.74, 6) is -0.882. The minimum absolute atomic E-state index is 0.0643. The number of esters is 1. The van der Waals surface area contributed by atoms with E-state index in [9.17, 15) is 9.59 Å². The predicted octanol–water partition coefficient (Wildman–Crippen LogP) is -0.240. The van der Waals surface area contributed by atoms with Crippen molar-refractivity contribution in [2.24, 2.45) is 0 Å². The number of aryl methyl sites for hydroxylation is 1. The summed E-state index contributed by atoms with van der Waals surface area (Å²) in [6.45, 7) is 4.97. The van der Waals surface area contributed by atoms with Crippen LogP contribution < -0.4 is 11.1 Å². The van der Waals surface area contributed by atoms with E-state index in [2.05, 4.69) is 10.4 Å². The fraction of sp³-hybridized carbons (Fsp3) is 0.545. The zero-order valence-electron chi connectivity index (χ0n) is 11.0. The van der Waals surface area contributed by atoms with Crippen LogP contribution >= 0.6 is 0 Å². The van der Waals surface area contributed by atoms with Crippen molar-refractivity contribution < 1.29 is 14.3 Å². The van der Waals surface area contributed by atoms with Crippen molar-refractivity contribution in [3.05, 3.63) is 11.4 Å². The summed E-state index contributed by atoms with van der Waals surface area (Å²) in [6.07, 6.45) is -0.822. The molecule has 0 spiro atoms. The van der Waals surface area contributed by atoms with Crippen molar-refractivity contribution >= 4 is 17.6 Å². The molecule has 1 aromatic heterocycles. The zero-order chi connectivity index (χ0) is 13.9. The van der Waals surface area contributed by atoms with Crippen molar-refractivity contribution in [1.82, 2.24) is 15.1 Å². The summed E-state index contributed by atoms with van der Waals surface area (Å²) in [7, 11) is 1.48. The van der Waals surface area contributed by atoms with Gasteiger partial charge in [0.2, 0.25) is 0 Å². The van der Waals surface area contributed by atoms with Gasteiger partial charge >= 0.3 is 5.97 Å². The highest BCUT2D eigenvalue weighted by molar-refractivity contribution is 5.83. The van der Waals surface area contributed by atoms with E-state index in [-0.39, 0.29) is 12.5 Å². The molecule has 1 unspecified atom stereocenters. The summed E-state index contributed by atoms with van der Waals surface area (Å²) < 4.78 is 6.42. The molecule has 0 radical (unpaired) electrons. The molecule has 0 fully saturated rings. The third kappa shape index (κ3) is 2.99. The number of nitrogens with one attached hydrogen (secondary N) is 1. The van der Waals surface area contributed by atoms with Crippen molar-refractivity contribution in [2.45, 2.75) is 33.4 Å². The number of amides is 1. The van der Waals surface area contributed by atoms with Gasteiger partial charge in [0, 0.05) is 7.05 Å². The number of anilines is 1. The first-order valence-electron chi connectivity index (χ1n) is 5.57. The fourth-order valence-corrected chi connectivity index (χ4v) is 1.48. The molecule has 7 nitrogen and oxygen atoms in total. The SMILES string of the molecule is CNC(=O)C(C)OC(=O)Cn1nc(C)c(N)c1C. The minimum atomic E-state index is -0.822. The number of hydrogen-bond acceptors (Lipinski definition) is 5. The normalized spacial score (nSPS) is 12.0. The highest BCUT2D eigenvalue weighted by atomic mass is 16.5. The second kappa shape index (κ2) is 5.52. The molecule has 1 atom stereocenters. The monoisotopic (exact) mass is 254 g/mol. The van der Waals surface area contributed by atoms with E-state index in [1.165, 1.54) is 18.7 Å². The first-order chi connectivity index (χ1) is 8.36. The topological polar surface area (TPSA) is 99.2 Å². The lowest BCUT2D eigenvalue weighted by Crippen LogP contribution is -2.34. The van der Waals surface area contributed by atoms with Gasteiger partial charge in [0.25, 0.3) is 5.91 Å². The number of nitrogens with two attached hydrogens (primary N) is 1.